The van der Waals surface area contributed by atoms with Crippen molar-refractivity contribution in [1.29, 1.82) is 0 Å². The first-order chi connectivity index (χ1) is 6.86. The second kappa shape index (κ2) is 5.02. The third kappa shape index (κ3) is 2.63. The van der Waals surface area contributed by atoms with E-state index in [0.29, 0.717) is 0 Å². The van der Waals surface area contributed by atoms with Gasteiger partial charge in [0.05, 0.1) is 5.69 Å². The second-order valence-electron chi connectivity index (χ2n) is 2.99. The molecule has 1 aliphatic rings. The average molecular weight is 318 g/mol. The van der Waals surface area contributed by atoms with Gasteiger partial charge in [0.25, 0.3) is 0 Å². The molecule has 1 aromatic rings. The number of nitrogens with zero attached hydrogens (tertiary/aromatic N) is 1. The number of anilines is 1. The second-order valence-corrected chi connectivity index (χ2v) is 5.24. The maximum atomic E-state index is 4.43. The zero-order chi connectivity index (χ0) is 9.80. The lowest BCUT2D eigenvalue weighted by atomic mass is 10.3. The van der Waals surface area contributed by atoms with Crippen LogP contribution in [0, 0.1) is 3.57 Å². The predicted molar refractivity (Wildman–Crippen MR) is 72.2 cm³/mol. The van der Waals surface area contributed by atoms with Crippen LogP contribution in [0.2, 0.25) is 0 Å². The molecule has 0 unspecified atom stereocenters. The largest absolute Gasteiger partial charge is 0.334 e. The number of nitrogens with one attached hydrogen (secondary N) is 1. The van der Waals surface area contributed by atoms with Crippen molar-refractivity contribution in [1.82, 2.24) is 0 Å². The van der Waals surface area contributed by atoms with Gasteiger partial charge < -0.3 is 5.32 Å². The van der Waals surface area contributed by atoms with Crippen LogP contribution in [0.1, 0.15) is 6.42 Å². The summed E-state index contributed by atoms with van der Waals surface area (Å²) in [5, 5.41) is 4.41. The highest BCUT2D eigenvalue weighted by Gasteiger charge is 2.06. The van der Waals surface area contributed by atoms with Crippen molar-refractivity contribution in [3.8, 4) is 0 Å². The lowest BCUT2D eigenvalue weighted by Gasteiger charge is -2.13. The van der Waals surface area contributed by atoms with Crippen molar-refractivity contribution < 1.29 is 0 Å². The van der Waals surface area contributed by atoms with Crippen LogP contribution in [0.3, 0.4) is 0 Å². The first kappa shape index (κ1) is 10.3. The molecule has 0 fully saturated rings. The quantitative estimate of drug-likeness (QED) is 0.804. The smallest absolute Gasteiger partial charge is 0.161 e. The normalized spacial score (nSPS) is 16.2. The van der Waals surface area contributed by atoms with Crippen molar-refractivity contribution in [3.63, 3.8) is 0 Å². The third-order valence-corrected chi connectivity index (χ3v) is 3.85. The maximum absolute atomic E-state index is 4.43. The van der Waals surface area contributed by atoms with Crippen LogP contribution in [0.4, 0.5) is 5.69 Å². The highest BCUT2D eigenvalue weighted by Crippen LogP contribution is 2.20. The molecule has 0 spiro atoms. The van der Waals surface area contributed by atoms with Gasteiger partial charge in [-0.2, -0.15) is 0 Å². The van der Waals surface area contributed by atoms with Gasteiger partial charge in [0.15, 0.2) is 5.17 Å². The Morgan fingerprint density at radius 3 is 2.93 bits per heavy atom. The SMILES string of the molecule is Ic1ccccc1NC1=NCCCS1. The number of aliphatic imine (C=N–C) groups is 1. The Morgan fingerprint density at radius 1 is 1.36 bits per heavy atom. The fraction of sp³-hybridized carbons (Fsp3) is 0.300. The van der Waals surface area contributed by atoms with Crippen LogP contribution in [-0.2, 0) is 0 Å². The molecule has 1 aromatic carbocycles. The third-order valence-electron chi connectivity index (χ3n) is 1.91. The predicted octanol–water partition coefficient (Wildman–Crippen LogP) is 3.20. The molecule has 1 aliphatic heterocycles. The van der Waals surface area contributed by atoms with Gasteiger partial charge in [0.2, 0.25) is 0 Å². The summed E-state index contributed by atoms with van der Waals surface area (Å²) in [5.74, 6) is 1.18. The fourth-order valence-electron chi connectivity index (χ4n) is 1.21. The Kier molecular flexibility index (Phi) is 3.69. The molecule has 1 N–H and O–H groups in total. The molecule has 0 saturated carbocycles. The van der Waals surface area contributed by atoms with Crippen LogP contribution in [-0.4, -0.2) is 17.5 Å². The number of amidine groups is 1. The molecule has 0 bridgehead atoms. The number of hydrogen-bond donors (Lipinski definition) is 1. The van der Waals surface area contributed by atoms with Crippen LogP contribution >= 0.6 is 34.4 Å². The molecular formula is C10H11IN2S. The molecule has 74 valence electrons. The van der Waals surface area contributed by atoms with Crippen molar-refractivity contribution in [2.24, 2.45) is 4.99 Å². The molecular weight excluding hydrogens is 307 g/mol. The minimum absolute atomic E-state index is 0.957. The maximum Gasteiger partial charge on any atom is 0.161 e. The van der Waals surface area contributed by atoms with E-state index in [2.05, 4.69) is 45.0 Å². The molecule has 14 heavy (non-hydrogen) atoms. The number of benzene rings is 1. The summed E-state index contributed by atoms with van der Waals surface area (Å²) in [5.41, 5.74) is 1.15. The van der Waals surface area contributed by atoms with E-state index in [-0.39, 0.29) is 0 Å². The van der Waals surface area contributed by atoms with E-state index in [1.807, 2.05) is 12.1 Å². The molecule has 0 radical (unpaired) electrons. The molecule has 4 heteroatoms. The summed E-state index contributed by atoms with van der Waals surface area (Å²) in [6, 6.07) is 8.26. The van der Waals surface area contributed by atoms with Crippen LogP contribution in [0.15, 0.2) is 29.3 Å². The summed E-state index contributed by atoms with van der Waals surface area (Å²) in [6.07, 6.45) is 1.20. The van der Waals surface area contributed by atoms with Crippen molar-refractivity contribution in [2.45, 2.75) is 6.42 Å². The standard InChI is InChI=1S/C10H11IN2S/c11-8-4-1-2-5-9(8)13-10-12-6-3-7-14-10/h1-2,4-5H,3,6-7H2,(H,12,13). The topological polar surface area (TPSA) is 24.4 Å². The van der Waals surface area contributed by atoms with E-state index in [4.69, 9.17) is 0 Å². The van der Waals surface area contributed by atoms with Gasteiger partial charge in [-0.25, -0.2) is 0 Å². The summed E-state index contributed by atoms with van der Waals surface area (Å²) in [4.78, 5) is 4.43. The zero-order valence-electron chi connectivity index (χ0n) is 7.66. The number of para-hydroxylation sites is 1. The number of hydrogen-bond acceptors (Lipinski definition) is 3. The zero-order valence-corrected chi connectivity index (χ0v) is 10.6. The Labute approximate surface area is 102 Å². The van der Waals surface area contributed by atoms with Crippen molar-refractivity contribution in [2.75, 3.05) is 17.6 Å². The molecule has 1 heterocycles. The van der Waals surface area contributed by atoms with Gasteiger partial charge in [-0.1, -0.05) is 23.9 Å². The molecule has 0 aliphatic carbocycles. The van der Waals surface area contributed by atoms with Gasteiger partial charge in [-0.3, -0.25) is 4.99 Å². The molecule has 0 atom stereocenters. The molecule has 0 aromatic heterocycles. The minimum atomic E-state index is 0.957. The minimum Gasteiger partial charge on any atom is -0.334 e. The first-order valence-electron chi connectivity index (χ1n) is 4.55. The van der Waals surface area contributed by atoms with E-state index >= 15 is 0 Å². The van der Waals surface area contributed by atoms with E-state index < -0.39 is 0 Å². The summed E-state index contributed by atoms with van der Waals surface area (Å²) >= 11 is 4.13. The Balaban J connectivity index is 2.10. The molecule has 2 nitrogen and oxygen atoms in total. The first-order valence-corrected chi connectivity index (χ1v) is 6.61. The van der Waals surface area contributed by atoms with Gasteiger partial charge >= 0.3 is 0 Å². The van der Waals surface area contributed by atoms with E-state index in [1.54, 1.807) is 11.8 Å². The van der Waals surface area contributed by atoms with Gasteiger partial charge in [0, 0.05) is 15.9 Å². The summed E-state index contributed by atoms with van der Waals surface area (Å²) in [6.45, 7) is 0.957. The van der Waals surface area contributed by atoms with E-state index in [0.717, 1.165) is 17.4 Å². The molecule has 2 rings (SSSR count). The average Bonchev–Trinajstić information content (AvgIpc) is 2.23. The van der Waals surface area contributed by atoms with Gasteiger partial charge in [-0.15, -0.1) is 0 Å². The number of rotatable bonds is 1. The lowest BCUT2D eigenvalue weighted by molar-refractivity contribution is 0.938. The van der Waals surface area contributed by atoms with Gasteiger partial charge in [-0.05, 0) is 41.1 Å². The Hall–Kier alpha value is -0.230. The highest BCUT2D eigenvalue weighted by atomic mass is 127. The Morgan fingerprint density at radius 2 is 2.21 bits per heavy atom. The van der Waals surface area contributed by atoms with Gasteiger partial charge in [0.1, 0.15) is 0 Å². The Bertz CT molecular complexity index is 352. The van der Waals surface area contributed by atoms with Crippen LogP contribution < -0.4 is 5.32 Å². The summed E-state index contributed by atoms with van der Waals surface area (Å²) < 4.78 is 1.24. The monoisotopic (exact) mass is 318 g/mol. The van der Waals surface area contributed by atoms with Crippen LogP contribution in [0.25, 0.3) is 0 Å². The van der Waals surface area contributed by atoms with E-state index in [9.17, 15) is 0 Å². The van der Waals surface area contributed by atoms with Crippen LogP contribution in [0.5, 0.6) is 0 Å². The fourth-order valence-corrected chi connectivity index (χ4v) is 2.57. The summed E-state index contributed by atoms with van der Waals surface area (Å²) in [7, 11) is 0. The highest BCUT2D eigenvalue weighted by molar-refractivity contribution is 14.1. The number of halogens is 1. The number of thioether (sulfide) groups is 1. The van der Waals surface area contributed by atoms with Crippen molar-refractivity contribution in [3.05, 3.63) is 27.8 Å². The molecule has 0 amide bonds. The van der Waals surface area contributed by atoms with E-state index in [1.165, 1.54) is 15.7 Å². The lowest BCUT2D eigenvalue weighted by Crippen LogP contribution is -2.13. The molecule has 0 saturated heterocycles. The van der Waals surface area contributed by atoms with Crippen molar-refractivity contribution >= 4 is 45.2 Å².